The van der Waals surface area contributed by atoms with Gasteiger partial charge >= 0.3 is 0 Å². The van der Waals surface area contributed by atoms with Crippen LogP contribution in [0.4, 0.5) is 5.69 Å². The molecule has 0 aromatic heterocycles. The Hall–Kier alpha value is -1.35. The van der Waals surface area contributed by atoms with E-state index in [0.717, 1.165) is 12.1 Å². The van der Waals surface area contributed by atoms with Crippen LogP contribution in [0.3, 0.4) is 0 Å². The predicted octanol–water partition coefficient (Wildman–Crippen LogP) is 2.77. The van der Waals surface area contributed by atoms with Crippen LogP contribution in [0.5, 0.6) is 0 Å². The maximum atomic E-state index is 12.4. The van der Waals surface area contributed by atoms with Crippen LogP contribution in [-0.2, 0) is 10.2 Å². The summed E-state index contributed by atoms with van der Waals surface area (Å²) in [4.78, 5) is 14.9. The van der Waals surface area contributed by atoms with Crippen LogP contribution >= 0.6 is 0 Å². The quantitative estimate of drug-likeness (QED) is 0.916. The van der Waals surface area contributed by atoms with Crippen LogP contribution in [0, 0.1) is 5.92 Å². The molecule has 3 aliphatic rings. The van der Waals surface area contributed by atoms with Gasteiger partial charge in [-0.3, -0.25) is 4.79 Å². The molecule has 2 heterocycles. The fourth-order valence-electron chi connectivity index (χ4n) is 4.14. The molecule has 1 amide bonds. The molecule has 1 N–H and O–H groups in total. The number of benzene rings is 1. The molecule has 1 saturated heterocycles. The van der Waals surface area contributed by atoms with Crippen molar-refractivity contribution in [2.45, 2.75) is 37.5 Å². The molecule has 2 atom stereocenters. The Labute approximate surface area is 120 Å². The van der Waals surface area contributed by atoms with E-state index in [4.69, 9.17) is 0 Å². The van der Waals surface area contributed by atoms with Gasteiger partial charge in [0.05, 0.1) is 5.41 Å². The Morgan fingerprint density at radius 3 is 2.85 bits per heavy atom. The van der Waals surface area contributed by atoms with Crippen molar-refractivity contribution in [3.63, 3.8) is 0 Å². The third-order valence-electron chi connectivity index (χ3n) is 5.41. The third-order valence-corrected chi connectivity index (χ3v) is 5.41. The van der Waals surface area contributed by atoms with Gasteiger partial charge in [-0.25, -0.2) is 0 Å². The number of nitrogens with one attached hydrogen (secondary N) is 1. The molecule has 0 radical (unpaired) electrons. The van der Waals surface area contributed by atoms with Gasteiger partial charge in [-0.15, -0.1) is 0 Å². The highest BCUT2D eigenvalue weighted by molar-refractivity contribution is 6.08. The van der Waals surface area contributed by atoms with E-state index in [1.165, 1.54) is 50.9 Å². The van der Waals surface area contributed by atoms with Crippen molar-refractivity contribution in [3.05, 3.63) is 29.8 Å². The fraction of sp³-hybridized carbons (Fsp3) is 0.588. The second-order valence-electron chi connectivity index (χ2n) is 6.56. The first-order valence-electron chi connectivity index (χ1n) is 7.94. The Morgan fingerprint density at radius 1 is 1.20 bits per heavy atom. The molecule has 106 valence electrons. The number of rotatable bonds is 3. The minimum Gasteiger partial charge on any atom is -0.325 e. The van der Waals surface area contributed by atoms with Crippen LogP contribution in [0.1, 0.15) is 37.7 Å². The number of likely N-dealkylation sites (tertiary alicyclic amines) is 1. The van der Waals surface area contributed by atoms with Gasteiger partial charge in [0.1, 0.15) is 0 Å². The first kappa shape index (κ1) is 12.4. The van der Waals surface area contributed by atoms with Crippen molar-refractivity contribution in [1.82, 2.24) is 4.90 Å². The molecule has 1 aromatic rings. The van der Waals surface area contributed by atoms with E-state index in [1.807, 2.05) is 12.1 Å². The topological polar surface area (TPSA) is 32.3 Å². The number of hydrogen-bond acceptors (Lipinski definition) is 2. The summed E-state index contributed by atoms with van der Waals surface area (Å²) >= 11 is 0. The molecule has 3 nitrogen and oxygen atoms in total. The van der Waals surface area contributed by atoms with Crippen molar-refractivity contribution in [1.29, 1.82) is 0 Å². The van der Waals surface area contributed by atoms with Crippen LogP contribution in [0.15, 0.2) is 24.3 Å². The van der Waals surface area contributed by atoms with Crippen molar-refractivity contribution in [2.24, 2.45) is 5.92 Å². The summed E-state index contributed by atoms with van der Waals surface area (Å²) < 4.78 is 0. The normalized spacial score (nSPS) is 32.2. The van der Waals surface area contributed by atoms with Gasteiger partial charge in [0.25, 0.3) is 0 Å². The second kappa shape index (κ2) is 4.59. The first-order chi connectivity index (χ1) is 9.80. The second-order valence-corrected chi connectivity index (χ2v) is 6.56. The molecular formula is C17H22N2O. The van der Waals surface area contributed by atoms with Crippen LogP contribution in [0.25, 0.3) is 0 Å². The largest absolute Gasteiger partial charge is 0.325 e. The van der Waals surface area contributed by atoms with E-state index in [0.29, 0.717) is 5.92 Å². The van der Waals surface area contributed by atoms with Gasteiger partial charge in [-0.1, -0.05) is 24.6 Å². The summed E-state index contributed by atoms with van der Waals surface area (Å²) in [6.45, 7) is 3.67. The van der Waals surface area contributed by atoms with E-state index in [9.17, 15) is 4.79 Å². The highest BCUT2D eigenvalue weighted by Gasteiger charge is 2.63. The van der Waals surface area contributed by atoms with Crippen LogP contribution < -0.4 is 5.32 Å². The zero-order valence-electron chi connectivity index (χ0n) is 11.9. The lowest BCUT2D eigenvalue weighted by atomic mass is 9.93. The van der Waals surface area contributed by atoms with E-state index in [-0.39, 0.29) is 11.3 Å². The number of nitrogens with zero attached hydrogens (tertiary/aromatic N) is 1. The summed E-state index contributed by atoms with van der Waals surface area (Å²) in [5.41, 5.74) is 2.11. The van der Waals surface area contributed by atoms with Crippen LogP contribution in [0.2, 0.25) is 0 Å². The number of fused-ring (bicyclic) bond motifs is 2. The molecule has 4 rings (SSSR count). The maximum absolute atomic E-state index is 12.4. The number of anilines is 1. The van der Waals surface area contributed by atoms with Crippen molar-refractivity contribution in [2.75, 3.05) is 25.0 Å². The lowest BCUT2D eigenvalue weighted by molar-refractivity contribution is -0.118. The summed E-state index contributed by atoms with van der Waals surface area (Å²) in [5.74, 6) is 0.787. The van der Waals surface area contributed by atoms with Crippen molar-refractivity contribution in [3.8, 4) is 0 Å². The average molecular weight is 270 g/mol. The molecular weight excluding hydrogens is 248 g/mol. The van der Waals surface area contributed by atoms with Crippen molar-refractivity contribution >= 4 is 11.6 Å². The zero-order valence-corrected chi connectivity index (χ0v) is 11.9. The smallest absolute Gasteiger partial charge is 0.235 e. The molecule has 1 aromatic carbocycles. The molecule has 1 aliphatic carbocycles. The maximum Gasteiger partial charge on any atom is 0.235 e. The minimum absolute atomic E-state index is 0.174. The highest BCUT2D eigenvalue weighted by atomic mass is 16.2. The predicted molar refractivity (Wildman–Crippen MR) is 79.8 cm³/mol. The standard InChI is InChI=1S/C17H22N2O/c20-16-17(14-6-2-3-7-15(14)18-16)12-13(17)8-11-19-9-4-1-5-10-19/h2-3,6-7,13H,1,4-5,8-12H2,(H,18,20). The number of amides is 1. The van der Waals surface area contributed by atoms with Gasteiger partial charge < -0.3 is 10.2 Å². The number of piperidine rings is 1. The summed E-state index contributed by atoms with van der Waals surface area (Å²) in [7, 11) is 0. The Balaban J connectivity index is 1.44. The fourth-order valence-corrected chi connectivity index (χ4v) is 4.14. The lowest BCUT2D eigenvalue weighted by Gasteiger charge is -2.26. The first-order valence-corrected chi connectivity index (χ1v) is 7.94. The minimum atomic E-state index is -0.174. The highest BCUT2D eigenvalue weighted by Crippen LogP contribution is 2.61. The van der Waals surface area contributed by atoms with E-state index >= 15 is 0 Å². The number of carbonyl (C=O) groups is 1. The Bertz CT molecular complexity index is 536. The van der Waals surface area contributed by atoms with Gasteiger partial charge in [0.2, 0.25) is 5.91 Å². The van der Waals surface area contributed by atoms with Crippen LogP contribution in [-0.4, -0.2) is 30.4 Å². The average Bonchev–Trinajstić information content (AvgIpc) is 3.15. The van der Waals surface area contributed by atoms with Gasteiger partial charge in [0.15, 0.2) is 0 Å². The van der Waals surface area contributed by atoms with E-state index in [1.54, 1.807) is 0 Å². The van der Waals surface area contributed by atoms with E-state index in [2.05, 4.69) is 22.3 Å². The molecule has 3 heteroatoms. The van der Waals surface area contributed by atoms with Gasteiger partial charge in [-0.05, 0) is 62.9 Å². The molecule has 1 saturated carbocycles. The lowest BCUT2D eigenvalue weighted by Crippen LogP contribution is -2.31. The third kappa shape index (κ3) is 1.80. The van der Waals surface area contributed by atoms with Gasteiger partial charge in [-0.2, -0.15) is 0 Å². The number of carbonyl (C=O) groups excluding carboxylic acids is 1. The molecule has 2 unspecified atom stereocenters. The molecule has 20 heavy (non-hydrogen) atoms. The number of hydrogen-bond donors (Lipinski definition) is 1. The van der Waals surface area contributed by atoms with E-state index < -0.39 is 0 Å². The molecule has 0 bridgehead atoms. The Morgan fingerprint density at radius 2 is 2.00 bits per heavy atom. The summed E-state index contributed by atoms with van der Waals surface area (Å²) in [5, 5.41) is 3.07. The summed E-state index contributed by atoms with van der Waals surface area (Å²) in [6, 6.07) is 8.22. The van der Waals surface area contributed by atoms with Crippen molar-refractivity contribution < 1.29 is 4.79 Å². The summed E-state index contributed by atoms with van der Waals surface area (Å²) in [6.07, 6.45) is 6.29. The monoisotopic (exact) mass is 270 g/mol. The molecule has 2 aliphatic heterocycles. The molecule has 1 spiro atoms. The van der Waals surface area contributed by atoms with Gasteiger partial charge in [0, 0.05) is 5.69 Å². The SMILES string of the molecule is O=C1Nc2ccccc2C12CC2CCN1CCCCC1. The number of para-hydroxylation sites is 1. The zero-order chi connectivity index (χ0) is 13.6. The molecule has 2 fully saturated rings. The Kier molecular flexibility index (Phi) is 2.84.